The minimum atomic E-state index is -0.186. The summed E-state index contributed by atoms with van der Waals surface area (Å²) in [5, 5.41) is 9.92. The Labute approximate surface area is 281 Å². The second-order valence-corrected chi connectivity index (χ2v) is 14.8. The van der Waals surface area contributed by atoms with Crippen LogP contribution in [0.25, 0.3) is 45.6 Å². The fourth-order valence-electron chi connectivity index (χ4n) is 9.17. The standard InChI is InChI=1S/C44H38N4/c1-43(2)35-17-8-7-16-33(35)38-41(43)47(4)39(29-19-18-28-13-11-23-45-36(28)24-29)42(46-38)48-37-25-30-14-9-10-22-44(30,3)26-34(37)32-21-20-27-12-5-6-15-31(27)40(32)48/h5-21,24-26,39,45H,22-23H2,1-4H3. The number of allylic oxidation sites excluding steroid dienone is 5. The van der Waals surface area contributed by atoms with Gasteiger partial charge in [-0.1, -0.05) is 130 Å². The van der Waals surface area contributed by atoms with Crippen LogP contribution in [0.4, 0.5) is 5.69 Å². The molecule has 2 atom stereocenters. The van der Waals surface area contributed by atoms with Crippen molar-refractivity contribution < 1.29 is 0 Å². The van der Waals surface area contributed by atoms with E-state index in [1.807, 2.05) is 0 Å². The topological polar surface area (TPSA) is 32.6 Å². The van der Waals surface area contributed by atoms with Crippen LogP contribution in [-0.4, -0.2) is 28.9 Å². The monoisotopic (exact) mass is 622 g/mol. The molecule has 2 aliphatic heterocycles. The number of nitrogens with one attached hydrogen (secondary N) is 1. The maximum Gasteiger partial charge on any atom is 0.141 e. The van der Waals surface area contributed by atoms with E-state index in [2.05, 4.69) is 164 Å². The number of fused-ring (bicyclic) bond motifs is 9. The zero-order valence-electron chi connectivity index (χ0n) is 27.9. The summed E-state index contributed by atoms with van der Waals surface area (Å²) in [4.78, 5) is 8.37. The maximum absolute atomic E-state index is 5.85. The predicted octanol–water partition coefficient (Wildman–Crippen LogP) is 8.29. The van der Waals surface area contributed by atoms with Gasteiger partial charge in [0.25, 0.3) is 0 Å². The zero-order chi connectivity index (χ0) is 32.4. The van der Waals surface area contributed by atoms with E-state index >= 15 is 0 Å². The van der Waals surface area contributed by atoms with E-state index in [1.54, 1.807) is 0 Å². The van der Waals surface area contributed by atoms with Crippen molar-refractivity contribution in [1.29, 1.82) is 0 Å². The molecular weight excluding hydrogens is 585 g/mol. The van der Waals surface area contributed by atoms with E-state index < -0.39 is 0 Å². The van der Waals surface area contributed by atoms with Crippen LogP contribution in [0.2, 0.25) is 0 Å². The molecule has 10 rings (SSSR count). The van der Waals surface area contributed by atoms with Crippen LogP contribution in [0.3, 0.4) is 0 Å². The molecule has 0 saturated heterocycles. The molecule has 3 heterocycles. The van der Waals surface area contributed by atoms with Crippen molar-refractivity contribution in [2.45, 2.75) is 38.6 Å². The third-order valence-corrected chi connectivity index (χ3v) is 11.5. The third-order valence-electron chi connectivity index (χ3n) is 11.5. The Morgan fingerprint density at radius 3 is 2.67 bits per heavy atom. The highest BCUT2D eigenvalue weighted by molar-refractivity contribution is 6.13. The molecule has 0 fully saturated rings. The normalized spacial score (nSPS) is 22.9. The van der Waals surface area contributed by atoms with Gasteiger partial charge in [0.05, 0.1) is 22.3 Å². The van der Waals surface area contributed by atoms with Crippen molar-refractivity contribution in [1.82, 2.24) is 9.47 Å². The molecule has 4 heteroatoms. The first kappa shape index (κ1) is 27.7. The van der Waals surface area contributed by atoms with Crippen LogP contribution in [0, 0.1) is 5.41 Å². The fourth-order valence-corrected chi connectivity index (χ4v) is 9.17. The van der Waals surface area contributed by atoms with Gasteiger partial charge in [-0.25, -0.2) is 4.99 Å². The lowest BCUT2D eigenvalue weighted by atomic mass is 9.74. The number of nitrogens with zero attached hydrogens (tertiary/aromatic N) is 3. The van der Waals surface area contributed by atoms with Crippen molar-refractivity contribution >= 4 is 57.1 Å². The molecule has 48 heavy (non-hydrogen) atoms. The van der Waals surface area contributed by atoms with Crippen LogP contribution in [0.1, 0.15) is 55.5 Å². The number of hydrogen-bond acceptors (Lipinski definition) is 3. The first-order valence-electron chi connectivity index (χ1n) is 17.2. The van der Waals surface area contributed by atoms with Gasteiger partial charge in [-0.3, -0.25) is 4.57 Å². The maximum atomic E-state index is 5.85. The lowest BCUT2D eigenvalue weighted by molar-refractivity contribution is 0.318. The Morgan fingerprint density at radius 2 is 1.75 bits per heavy atom. The summed E-state index contributed by atoms with van der Waals surface area (Å²) in [5.74, 6) is 1.04. The van der Waals surface area contributed by atoms with E-state index in [-0.39, 0.29) is 16.9 Å². The minimum Gasteiger partial charge on any atom is -0.381 e. The molecule has 4 nitrogen and oxygen atoms in total. The summed E-state index contributed by atoms with van der Waals surface area (Å²) in [6, 6.07) is 29.1. The van der Waals surface area contributed by atoms with E-state index in [9.17, 15) is 0 Å². The predicted molar refractivity (Wildman–Crippen MR) is 201 cm³/mol. The third kappa shape index (κ3) is 3.63. The van der Waals surface area contributed by atoms with Crippen molar-refractivity contribution in [3.05, 3.63) is 147 Å². The average molecular weight is 623 g/mol. The van der Waals surface area contributed by atoms with Gasteiger partial charge >= 0.3 is 0 Å². The molecule has 0 radical (unpaired) electrons. The molecule has 1 N–H and O–H groups in total. The number of aromatic nitrogens is 1. The van der Waals surface area contributed by atoms with Gasteiger partial charge in [-0.2, -0.15) is 0 Å². The van der Waals surface area contributed by atoms with E-state index in [0.717, 1.165) is 24.5 Å². The van der Waals surface area contributed by atoms with Gasteiger partial charge < -0.3 is 10.2 Å². The number of anilines is 1. The van der Waals surface area contributed by atoms with E-state index in [4.69, 9.17) is 4.99 Å². The van der Waals surface area contributed by atoms with E-state index in [1.165, 1.54) is 71.5 Å². The molecule has 234 valence electrons. The highest BCUT2D eigenvalue weighted by Gasteiger charge is 2.46. The molecule has 1 aromatic heterocycles. The molecule has 4 aromatic carbocycles. The molecule has 0 spiro atoms. The zero-order valence-corrected chi connectivity index (χ0v) is 27.9. The highest BCUT2D eigenvalue weighted by atomic mass is 15.3. The summed E-state index contributed by atoms with van der Waals surface area (Å²) in [6.07, 6.45) is 17.2. The summed E-state index contributed by atoms with van der Waals surface area (Å²) < 4.78 is 2.52. The van der Waals surface area contributed by atoms with Gasteiger partial charge in [0.15, 0.2) is 0 Å². The van der Waals surface area contributed by atoms with Crippen LogP contribution in [0.5, 0.6) is 0 Å². The Balaban J connectivity index is 1.36. The van der Waals surface area contributed by atoms with Crippen LogP contribution in [-0.2, 0) is 5.41 Å². The van der Waals surface area contributed by atoms with Crippen molar-refractivity contribution in [2.24, 2.45) is 10.4 Å². The van der Waals surface area contributed by atoms with Crippen LogP contribution < -0.4 is 15.9 Å². The van der Waals surface area contributed by atoms with Crippen LogP contribution in [0.15, 0.2) is 119 Å². The number of aliphatic imine (C=N–C) groups is 1. The summed E-state index contributed by atoms with van der Waals surface area (Å²) >= 11 is 0. The first-order valence-corrected chi connectivity index (χ1v) is 17.2. The quantitative estimate of drug-likeness (QED) is 0.204. The molecule has 0 bridgehead atoms. The molecule has 5 aliphatic rings. The summed E-state index contributed by atoms with van der Waals surface area (Å²) in [5.41, 5.74) is 10.9. The fraction of sp³-hybridized carbons (Fsp3) is 0.205. The Bertz CT molecular complexity index is 2550. The highest BCUT2D eigenvalue weighted by Crippen LogP contribution is 2.52. The largest absolute Gasteiger partial charge is 0.381 e. The van der Waals surface area contributed by atoms with Gasteiger partial charge in [0.1, 0.15) is 11.9 Å². The van der Waals surface area contributed by atoms with Crippen molar-refractivity contribution in [3.8, 4) is 0 Å². The van der Waals surface area contributed by atoms with Gasteiger partial charge in [0, 0.05) is 51.7 Å². The molecule has 5 aromatic rings. The first-order chi connectivity index (χ1) is 23.3. The number of rotatable bonds is 1. The molecular formula is C44H38N4. The summed E-state index contributed by atoms with van der Waals surface area (Å²) in [6.45, 7) is 7.93. The Hall–Kier alpha value is -5.35. The Morgan fingerprint density at radius 1 is 0.896 bits per heavy atom. The molecule has 3 aliphatic carbocycles. The van der Waals surface area contributed by atoms with Crippen LogP contribution >= 0.6 is 0 Å². The number of hydrogen-bond donors (Lipinski definition) is 1. The number of benzene rings is 4. The number of likely N-dealkylation sites (N-methyl/N-ethyl adjacent to an activating group) is 1. The minimum absolute atomic E-state index is 0.0428. The van der Waals surface area contributed by atoms with Gasteiger partial charge in [-0.15, -0.1) is 0 Å². The van der Waals surface area contributed by atoms with Crippen molar-refractivity contribution in [3.63, 3.8) is 0 Å². The second-order valence-electron chi connectivity index (χ2n) is 14.8. The molecule has 2 unspecified atom stereocenters. The molecule has 0 saturated carbocycles. The average Bonchev–Trinajstić information content (AvgIpc) is 3.54. The van der Waals surface area contributed by atoms with Gasteiger partial charge in [0.2, 0.25) is 0 Å². The van der Waals surface area contributed by atoms with E-state index in [0.29, 0.717) is 0 Å². The van der Waals surface area contributed by atoms with Gasteiger partial charge in [-0.05, 0) is 46.2 Å². The second kappa shape index (κ2) is 9.60. The van der Waals surface area contributed by atoms with Crippen molar-refractivity contribution in [2.75, 3.05) is 18.9 Å². The lowest BCUT2D eigenvalue weighted by Gasteiger charge is -2.41. The SMILES string of the molecule is CN1C2=C(N=C(n3c4c(c5ccc6ccccc6c53)=CC3(C)CC=CC=C3C=4)C1c1ccc3c(c1)NCC=C3)c1ccccc1C2(C)C. The lowest BCUT2D eigenvalue weighted by Crippen LogP contribution is -2.46. The summed E-state index contributed by atoms with van der Waals surface area (Å²) in [7, 11) is 2.28. The molecule has 0 amide bonds. The smallest absolute Gasteiger partial charge is 0.141 e. The Kier molecular flexibility index (Phi) is 5.55.